The number of hydrogen-bond acceptors (Lipinski definition) is 8. The maximum atomic E-state index is 6.78. The summed E-state index contributed by atoms with van der Waals surface area (Å²) in [5, 5.41) is 9.00. The van der Waals surface area contributed by atoms with Gasteiger partial charge < -0.3 is 15.8 Å². The van der Waals surface area contributed by atoms with Crippen molar-refractivity contribution < 1.29 is 4.74 Å². The van der Waals surface area contributed by atoms with Gasteiger partial charge in [-0.05, 0) is 31.9 Å². The van der Waals surface area contributed by atoms with Crippen LogP contribution >= 0.6 is 23.4 Å². The van der Waals surface area contributed by atoms with Crippen LogP contribution in [0.2, 0.25) is 5.02 Å². The zero-order valence-electron chi connectivity index (χ0n) is 20.4. The molecule has 0 radical (unpaired) electrons. The van der Waals surface area contributed by atoms with E-state index in [0.717, 1.165) is 65.1 Å². The molecule has 0 aliphatic carbocycles. The van der Waals surface area contributed by atoms with E-state index in [-0.39, 0.29) is 17.6 Å². The minimum atomic E-state index is 0.0174. The third-order valence-electron chi connectivity index (χ3n) is 6.86. The number of halogens is 1. The van der Waals surface area contributed by atoms with Crippen LogP contribution in [0.5, 0.6) is 0 Å². The van der Waals surface area contributed by atoms with Gasteiger partial charge in [0.25, 0.3) is 0 Å². The number of rotatable bonds is 9. The monoisotopic (exact) mass is 523 g/mol. The van der Waals surface area contributed by atoms with Gasteiger partial charge in [0, 0.05) is 40.7 Å². The Balaban J connectivity index is 1.23. The molecule has 1 aromatic carbocycles. The summed E-state index contributed by atoms with van der Waals surface area (Å²) < 4.78 is 7.59. The van der Waals surface area contributed by atoms with E-state index in [1.165, 1.54) is 11.8 Å². The van der Waals surface area contributed by atoms with Gasteiger partial charge in [0.05, 0.1) is 42.0 Å². The normalized spacial score (nSPS) is 21.8. The Morgan fingerprint density at radius 2 is 2.11 bits per heavy atom. The van der Waals surface area contributed by atoms with Gasteiger partial charge >= 0.3 is 0 Å². The number of fused-ring (bicyclic) bond motifs is 1. The summed E-state index contributed by atoms with van der Waals surface area (Å²) in [6, 6.07) is 9.74. The number of nitrogens with two attached hydrogens (primary N) is 1. The topological polar surface area (TPSA) is 103 Å². The summed E-state index contributed by atoms with van der Waals surface area (Å²) in [6.07, 6.45) is 10.3. The van der Waals surface area contributed by atoms with Crippen LogP contribution in [0.4, 0.5) is 5.82 Å². The molecular formula is C26H30ClN7OS. The molecule has 36 heavy (non-hydrogen) atoms. The second-order valence-corrected chi connectivity index (χ2v) is 10.7. The lowest BCUT2D eigenvalue weighted by Crippen LogP contribution is -2.44. The molecule has 1 saturated heterocycles. The number of hydrogen-bond donors (Lipinski definition) is 2. The van der Waals surface area contributed by atoms with Crippen molar-refractivity contribution >= 4 is 34.8 Å². The van der Waals surface area contributed by atoms with Gasteiger partial charge in [-0.25, -0.2) is 19.5 Å². The Kier molecular flexibility index (Phi) is 7.43. The second kappa shape index (κ2) is 10.7. The van der Waals surface area contributed by atoms with E-state index in [0.29, 0.717) is 5.02 Å². The van der Waals surface area contributed by atoms with Crippen molar-refractivity contribution in [2.45, 2.75) is 55.2 Å². The Hall–Kier alpha value is -2.72. The second-order valence-electron chi connectivity index (χ2n) is 9.24. The molecule has 1 unspecified atom stereocenters. The molecule has 5 rings (SSSR count). The average Bonchev–Trinajstić information content (AvgIpc) is 3.47. The lowest BCUT2D eigenvalue weighted by atomic mass is 9.75. The summed E-state index contributed by atoms with van der Waals surface area (Å²) >= 11 is 8.25. The molecule has 1 aliphatic rings. The van der Waals surface area contributed by atoms with Crippen LogP contribution in [0.15, 0.2) is 65.0 Å². The highest BCUT2D eigenvalue weighted by atomic mass is 35.5. The maximum absolute atomic E-state index is 6.78. The molecule has 0 spiro atoms. The molecular weight excluding hydrogens is 494 g/mol. The van der Waals surface area contributed by atoms with Crippen LogP contribution in [0.1, 0.15) is 33.1 Å². The standard InChI is InChI=1S/C26H30ClN7OS/c1-3-9-26(16-35-17(2)25(26)28)10-12-29-21-14-31-23(15-30-21)36-20-6-4-5-18(24(20)27)19-8-13-34-22(33-19)7-11-32-34/h4-8,11,13-15,17,25H,3,9-10,12,16,28H2,1-2H3,(H,29,30)/t17-,25+,26?/m0/s1. The van der Waals surface area contributed by atoms with Crippen molar-refractivity contribution in [2.75, 3.05) is 18.5 Å². The molecule has 3 aromatic heterocycles. The molecule has 0 saturated carbocycles. The predicted octanol–water partition coefficient (Wildman–Crippen LogP) is 5.33. The first kappa shape index (κ1) is 25.0. The minimum absolute atomic E-state index is 0.0174. The van der Waals surface area contributed by atoms with Gasteiger partial charge in [0.15, 0.2) is 5.65 Å². The Morgan fingerprint density at radius 1 is 1.22 bits per heavy atom. The van der Waals surface area contributed by atoms with E-state index in [4.69, 9.17) is 22.1 Å². The van der Waals surface area contributed by atoms with E-state index in [2.05, 4.69) is 39.2 Å². The fourth-order valence-electron chi connectivity index (χ4n) is 4.86. The Bertz CT molecular complexity index is 1330. The Labute approximate surface area is 220 Å². The molecule has 8 nitrogen and oxygen atoms in total. The van der Waals surface area contributed by atoms with Crippen molar-refractivity contribution in [3.63, 3.8) is 0 Å². The van der Waals surface area contributed by atoms with E-state index < -0.39 is 0 Å². The minimum Gasteiger partial charge on any atom is -0.376 e. The highest BCUT2D eigenvalue weighted by Crippen LogP contribution is 2.40. The van der Waals surface area contributed by atoms with Gasteiger partial charge in [-0.3, -0.25) is 0 Å². The molecule has 188 valence electrons. The van der Waals surface area contributed by atoms with Crippen LogP contribution < -0.4 is 11.1 Å². The number of nitrogens with one attached hydrogen (secondary N) is 1. The molecule has 0 amide bonds. The van der Waals surface area contributed by atoms with Crippen LogP contribution in [0.25, 0.3) is 16.9 Å². The molecule has 3 N–H and O–H groups in total. The molecule has 10 heteroatoms. The molecule has 0 bridgehead atoms. The van der Waals surface area contributed by atoms with Crippen LogP contribution in [-0.2, 0) is 4.74 Å². The van der Waals surface area contributed by atoms with Crippen molar-refractivity contribution in [1.29, 1.82) is 0 Å². The zero-order chi connectivity index (χ0) is 25.1. The van der Waals surface area contributed by atoms with Gasteiger partial charge in [0.1, 0.15) is 10.8 Å². The smallest absolute Gasteiger partial charge is 0.155 e. The fourth-order valence-corrected chi connectivity index (χ4v) is 5.98. The summed E-state index contributed by atoms with van der Waals surface area (Å²) in [6.45, 7) is 5.75. The van der Waals surface area contributed by atoms with E-state index in [9.17, 15) is 0 Å². The third kappa shape index (κ3) is 5.06. The van der Waals surface area contributed by atoms with Gasteiger partial charge in [-0.1, -0.05) is 48.8 Å². The third-order valence-corrected chi connectivity index (χ3v) is 8.36. The van der Waals surface area contributed by atoms with E-state index >= 15 is 0 Å². The lowest BCUT2D eigenvalue weighted by molar-refractivity contribution is 0.100. The fraction of sp³-hybridized carbons (Fsp3) is 0.385. The number of nitrogens with zero attached hydrogens (tertiary/aromatic N) is 5. The zero-order valence-corrected chi connectivity index (χ0v) is 22.0. The van der Waals surface area contributed by atoms with Crippen LogP contribution in [0.3, 0.4) is 0 Å². The lowest BCUT2D eigenvalue weighted by Gasteiger charge is -2.32. The largest absolute Gasteiger partial charge is 0.376 e. The van der Waals surface area contributed by atoms with Crippen LogP contribution in [-0.4, -0.2) is 49.9 Å². The maximum Gasteiger partial charge on any atom is 0.155 e. The first-order chi connectivity index (χ1) is 17.5. The highest BCUT2D eigenvalue weighted by Gasteiger charge is 2.44. The summed E-state index contributed by atoms with van der Waals surface area (Å²) in [5.74, 6) is 0.740. The van der Waals surface area contributed by atoms with Crippen LogP contribution in [0, 0.1) is 5.41 Å². The average molecular weight is 524 g/mol. The number of anilines is 1. The van der Waals surface area contributed by atoms with Gasteiger partial charge in [0.2, 0.25) is 0 Å². The Morgan fingerprint density at radius 3 is 2.86 bits per heavy atom. The summed E-state index contributed by atoms with van der Waals surface area (Å²) in [4.78, 5) is 14.7. The molecule has 1 aliphatic heterocycles. The van der Waals surface area contributed by atoms with E-state index in [1.54, 1.807) is 23.1 Å². The SMILES string of the molecule is CCCC1(CCNc2cnc(Sc3cccc(-c4ccn5nccc5n4)c3Cl)cn2)CO[C@@H](C)[C@H]1N. The first-order valence-electron chi connectivity index (χ1n) is 12.2. The van der Waals surface area contributed by atoms with Crippen molar-refractivity contribution in [3.05, 3.63) is 60.1 Å². The number of ether oxygens (including phenoxy) is 1. The molecule has 4 aromatic rings. The number of aromatic nitrogens is 5. The quantitative estimate of drug-likeness (QED) is 0.303. The first-order valence-corrected chi connectivity index (χ1v) is 13.4. The summed E-state index contributed by atoms with van der Waals surface area (Å²) in [7, 11) is 0. The molecule has 1 fully saturated rings. The van der Waals surface area contributed by atoms with Gasteiger partial charge in [-0.2, -0.15) is 5.10 Å². The van der Waals surface area contributed by atoms with Crippen molar-refractivity contribution in [1.82, 2.24) is 24.6 Å². The molecule has 4 heterocycles. The molecule has 3 atom stereocenters. The van der Waals surface area contributed by atoms with Gasteiger partial charge in [-0.15, -0.1) is 0 Å². The predicted molar refractivity (Wildman–Crippen MR) is 143 cm³/mol. The van der Waals surface area contributed by atoms with Crippen molar-refractivity contribution in [3.8, 4) is 11.3 Å². The van der Waals surface area contributed by atoms with E-state index in [1.807, 2.05) is 36.5 Å². The summed E-state index contributed by atoms with van der Waals surface area (Å²) in [5.41, 5.74) is 8.94. The van der Waals surface area contributed by atoms with Crippen molar-refractivity contribution in [2.24, 2.45) is 11.1 Å². The number of benzene rings is 1. The highest BCUT2D eigenvalue weighted by molar-refractivity contribution is 7.99.